The van der Waals surface area contributed by atoms with Crippen molar-refractivity contribution in [2.45, 2.75) is 19.3 Å². The molecule has 180 valence electrons. The molecule has 2 amide bonds. The van der Waals surface area contributed by atoms with Crippen LogP contribution in [0.1, 0.15) is 40.7 Å². The Hall–Kier alpha value is -3.84. The van der Waals surface area contributed by atoms with Gasteiger partial charge < -0.3 is 14.7 Å². The Morgan fingerprint density at radius 1 is 1.00 bits per heavy atom. The predicted molar refractivity (Wildman–Crippen MR) is 134 cm³/mol. The van der Waals surface area contributed by atoms with Crippen molar-refractivity contribution >= 4 is 35.3 Å². The molecule has 0 saturated heterocycles. The minimum Gasteiger partial charge on any atom is -0.481 e. The molecule has 4 rings (SSSR count). The second-order valence-electron chi connectivity index (χ2n) is 8.21. The Morgan fingerprint density at radius 3 is 2.23 bits per heavy atom. The van der Waals surface area contributed by atoms with Crippen molar-refractivity contribution in [3.63, 3.8) is 0 Å². The normalized spacial score (nSPS) is 11.9. The molecule has 7 nitrogen and oxygen atoms in total. The number of amides is 2. The van der Waals surface area contributed by atoms with E-state index in [4.69, 9.17) is 21.4 Å². The van der Waals surface area contributed by atoms with Crippen molar-refractivity contribution in [3.05, 3.63) is 88.4 Å². The van der Waals surface area contributed by atoms with Crippen molar-refractivity contribution in [2.75, 3.05) is 25.0 Å². The number of carbonyl (C=O) groups is 3. The Balaban J connectivity index is 1.44. The van der Waals surface area contributed by atoms with Gasteiger partial charge in [-0.15, -0.1) is 0 Å². The molecular formula is C27H25ClN2O5. The second kappa shape index (κ2) is 10.6. The number of halogens is 1. The summed E-state index contributed by atoms with van der Waals surface area (Å²) in [6, 6.07) is 20.6. The number of hydrogen-bond donors (Lipinski definition) is 2. The number of hydrogen-bond acceptors (Lipinski definition) is 4. The number of carbonyl (C=O) groups excluding carboxylic acids is 2. The first-order chi connectivity index (χ1) is 16.9. The number of rotatable bonds is 8. The van der Waals surface area contributed by atoms with E-state index < -0.39 is 12.1 Å². The van der Waals surface area contributed by atoms with E-state index in [9.17, 15) is 14.4 Å². The van der Waals surface area contributed by atoms with Gasteiger partial charge in [-0.25, -0.2) is 4.79 Å². The minimum absolute atomic E-state index is 0.0722. The van der Waals surface area contributed by atoms with Gasteiger partial charge in [-0.2, -0.15) is 0 Å². The summed E-state index contributed by atoms with van der Waals surface area (Å²) >= 11 is 6.19. The lowest BCUT2D eigenvalue weighted by Crippen LogP contribution is -2.33. The van der Waals surface area contributed by atoms with Gasteiger partial charge in [-0.05, 0) is 47.4 Å². The van der Waals surface area contributed by atoms with Crippen LogP contribution in [0.4, 0.5) is 10.5 Å². The average Bonchev–Trinajstić information content (AvgIpc) is 3.16. The molecule has 3 aromatic carbocycles. The van der Waals surface area contributed by atoms with Crippen LogP contribution in [-0.2, 0) is 9.53 Å². The maximum Gasteiger partial charge on any atom is 0.411 e. The van der Waals surface area contributed by atoms with Gasteiger partial charge in [0.2, 0.25) is 0 Å². The average molecular weight is 493 g/mol. The molecule has 3 aromatic rings. The number of fused-ring (bicyclic) bond motifs is 3. The molecule has 1 aliphatic carbocycles. The first-order valence-corrected chi connectivity index (χ1v) is 11.7. The standard InChI is InChI=1S/C27H25ClN2O5/c1-2-30(12-11-25(31)32)26(33)17-13-18(28)15-19(14-17)29-27(34)35-16-24-22-9-5-3-7-20(22)21-8-4-6-10-23(21)24/h3-10,13-15,24H,2,11-12,16H2,1H3,(H,29,34)(H,31,32). The smallest absolute Gasteiger partial charge is 0.411 e. The number of nitrogens with zero attached hydrogens (tertiary/aromatic N) is 1. The number of nitrogens with one attached hydrogen (secondary N) is 1. The zero-order valence-electron chi connectivity index (χ0n) is 19.2. The first-order valence-electron chi connectivity index (χ1n) is 11.3. The van der Waals surface area contributed by atoms with Crippen LogP contribution in [0.25, 0.3) is 11.1 Å². The van der Waals surface area contributed by atoms with E-state index in [1.54, 1.807) is 6.92 Å². The van der Waals surface area contributed by atoms with Crippen LogP contribution in [-0.4, -0.2) is 47.7 Å². The Kier molecular flexibility index (Phi) is 7.36. The molecule has 0 saturated carbocycles. The molecule has 1 aliphatic rings. The fourth-order valence-corrected chi connectivity index (χ4v) is 4.59. The number of anilines is 1. The van der Waals surface area contributed by atoms with Crippen molar-refractivity contribution in [3.8, 4) is 11.1 Å². The van der Waals surface area contributed by atoms with E-state index in [0.717, 1.165) is 22.3 Å². The van der Waals surface area contributed by atoms with E-state index in [1.165, 1.54) is 23.1 Å². The van der Waals surface area contributed by atoms with Crippen LogP contribution < -0.4 is 5.32 Å². The summed E-state index contributed by atoms with van der Waals surface area (Å²) in [5.74, 6) is -1.43. The van der Waals surface area contributed by atoms with Crippen LogP contribution in [0.2, 0.25) is 5.02 Å². The highest BCUT2D eigenvalue weighted by Crippen LogP contribution is 2.44. The van der Waals surface area contributed by atoms with Crippen LogP contribution in [0, 0.1) is 0 Å². The lowest BCUT2D eigenvalue weighted by atomic mass is 9.98. The fraction of sp³-hybridized carbons (Fsp3) is 0.222. The summed E-state index contributed by atoms with van der Waals surface area (Å²) in [4.78, 5) is 37.8. The van der Waals surface area contributed by atoms with Gasteiger partial charge >= 0.3 is 12.1 Å². The van der Waals surface area contributed by atoms with E-state index in [0.29, 0.717) is 12.2 Å². The molecule has 35 heavy (non-hydrogen) atoms. The monoisotopic (exact) mass is 492 g/mol. The van der Waals surface area contributed by atoms with E-state index in [1.807, 2.05) is 36.4 Å². The number of carboxylic acid groups (broad SMARTS) is 1. The lowest BCUT2D eigenvalue weighted by Gasteiger charge is -2.20. The number of aliphatic carboxylic acids is 1. The van der Waals surface area contributed by atoms with Gasteiger partial charge in [-0.1, -0.05) is 60.1 Å². The highest BCUT2D eigenvalue weighted by atomic mass is 35.5. The highest BCUT2D eigenvalue weighted by molar-refractivity contribution is 6.31. The van der Waals surface area contributed by atoms with Crippen LogP contribution in [0.15, 0.2) is 66.7 Å². The highest BCUT2D eigenvalue weighted by Gasteiger charge is 2.29. The lowest BCUT2D eigenvalue weighted by molar-refractivity contribution is -0.137. The number of benzene rings is 3. The van der Waals surface area contributed by atoms with E-state index >= 15 is 0 Å². The number of ether oxygens (including phenoxy) is 1. The second-order valence-corrected chi connectivity index (χ2v) is 8.64. The molecule has 8 heteroatoms. The minimum atomic E-state index is -0.986. The molecule has 0 unspecified atom stereocenters. The van der Waals surface area contributed by atoms with Crippen LogP contribution in [0.5, 0.6) is 0 Å². The molecule has 0 radical (unpaired) electrons. The van der Waals surface area contributed by atoms with E-state index in [2.05, 4.69) is 17.4 Å². The molecule has 2 N–H and O–H groups in total. The summed E-state index contributed by atoms with van der Waals surface area (Å²) in [6.07, 6.45) is -0.823. The third-order valence-electron chi connectivity index (χ3n) is 6.00. The third kappa shape index (κ3) is 5.46. The van der Waals surface area contributed by atoms with Crippen molar-refractivity contribution in [1.29, 1.82) is 0 Å². The summed E-state index contributed by atoms with van der Waals surface area (Å²) in [5, 5.41) is 11.8. The molecule has 0 aliphatic heterocycles. The zero-order chi connectivity index (χ0) is 24.9. The van der Waals surface area contributed by atoms with Gasteiger partial charge in [-0.3, -0.25) is 14.9 Å². The largest absolute Gasteiger partial charge is 0.481 e. The molecule has 0 atom stereocenters. The first kappa shape index (κ1) is 24.3. The van der Waals surface area contributed by atoms with Crippen molar-refractivity contribution in [2.24, 2.45) is 0 Å². The van der Waals surface area contributed by atoms with Crippen molar-refractivity contribution < 1.29 is 24.2 Å². The van der Waals surface area contributed by atoms with Gasteiger partial charge in [0.25, 0.3) is 5.91 Å². The van der Waals surface area contributed by atoms with Gasteiger partial charge in [0.15, 0.2) is 0 Å². The van der Waals surface area contributed by atoms with E-state index in [-0.39, 0.29) is 42.0 Å². The Labute approximate surface area is 208 Å². The van der Waals surface area contributed by atoms with Crippen LogP contribution >= 0.6 is 11.6 Å². The molecule has 0 aromatic heterocycles. The Bertz CT molecular complexity index is 1230. The van der Waals surface area contributed by atoms with Gasteiger partial charge in [0.05, 0.1) is 6.42 Å². The summed E-state index contributed by atoms with van der Waals surface area (Å²) in [6.45, 7) is 2.34. The summed E-state index contributed by atoms with van der Waals surface area (Å²) in [5.41, 5.74) is 5.05. The maximum atomic E-state index is 12.8. The molecular weight excluding hydrogens is 468 g/mol. The van der Waals surface area contributed by atoms with Crippen LogP contribution in [0.3, 0.4) is 0 Å². The van der Waals surface area contributed by atoms with Gasteiger partial charge in [0.1, 0.15) is 6.61 Å². The molecule has 0 fully saturated rings. The topological polar surface area (TPSA) is 95.9 Å². The van der Waals surface area contributed by atoms with Gasteiger partial charge in [0, 0.05) is 35.3 Å². The Morgan fingerprint density at radius 2 is 1.63 bits per heavy atom. The maximum absolute atomic E-state index is 12.8. The number of carboxylic acids is 1. The molecule has 0 heterocycles. The van der Waals surface area contributed by atoms with Crippen molar-refractivity contribution in [1.82, 2.24) is 4.90 Å². The summed E-state index contributed by atoms with van der Waals surface area (Å²) < 4.78 is 5.56. The quantitative estimate of drug-likeness (QED) is 0.424. The molecule has 0 bridgehead atoms. The third-order valence-corrected chi connectivity index (χ3v) is 6.22. The fourth-order valence-electron chi connectivity index (χ4n) is 4.35. The SMILES string of the molecule is CCN(CCC(=O)O)C(=O)c1cc(Cl)cc(NC(=O)OCC2c3ccccc3-c3ccccc32)c1. The predicted octanol–water partition coefficient (Wildman–Crippen LogP) is 5.64. The summed E-state index contributed by atoms with van der Waals surface area (Å²) in [7, 11) is 0. The molecule has 0 spiro atoms. The zero-order valence-corrected chi connectivity index (χ0v) is 19.9.